The van der Waals surface area contributed by atoms with E-state index < -0.39 is 0 Å². The van der Waals surface area contributed by atoms with Crippen LogP contribution in [-0.2, 0) is 6.54 Å². The number of hydrogen-bond acceptors (Lipinski definition) is 3. The molecule has 3 rings (SSSR count). The summed E-state index contributed by atoms with van der Waals surface area (Å²) in [6.07, 6.45) is 7.24. The van der Waals surface area contributed by atoms with E-state index in [-0.39, 0.29) is 0 Å². The molecule has 0 radical (unpaired) electrons. The molecule has 102 valence electrons. The molecule has 1 N–H and O–H groups in total. The van der Waals surface area contributed by atoms with Crippen molar-refractivity contribution in [3.8, 4) is 11.6 Å². The van der Waals surface area contributed by atoms with Crippen molar-refractivity contribution in [1.82, 2.24) is 14.9 Å². The lowest BCUT2D eigenvalue weighted by Crippen LogP contribution is -2.28. The van der Waals surface area contributed by atoms with Crippen LogP contribution in [0.25, 0.3) is 11.6 Å². The molecule has 0 aromatic carbocycles. The summed E-state index contributed by atoms with van der Waals surface area (Å²) < 4.78 is 7.51. The first-order valence-electron chi connectivity index (χ1n) is 6.80. The van der Waals surface area contributed by atoms with Crippen molar-refractivity contribution in [2.75, 3.05) is 13.1 Å². The zero-order valence-corrected chi connectivity index (χ0v) is 11.6. The first kappa shape index (κ1) is 12.8. The number of halogens is 1. The van der Waals surface area contributed by atoms with E-state index in [0.717, 1.165) is 37.1 Å². The fourth-order valence-electron chi connectivity index (χ4n) is 2.65. The van der Waals surface area contributed by atoms with Gasteiger partial charge in [-0.15, -0.1) is 0 Å². The molecule has 0 amide bonds. The summed E-state index contributed by atoms with van der Waals surface area (Å²) in [6.45, 7) is 3.22. The van der Waals surface area contributed by atoms with Crippen molar-refractivity contribution in [3.05, 3.63) is 29.7 Å². The predicted octanol–water partition coefficient (Wildman–Crippen LogP) is 3.19. The highest BCUT2D eigenvalue weighted by Crippen LogP contribution is 2.24. The molecule has 2 aromatic rings. The van der Waals surface area contributed by atoms with Crippen molar-refractivity contribution in [3.63, 3.8) is 0 Å². The Balaban J connectivity index is 1.70. The second-order valence-electron chi connectivity index (χ2n) is 5.04. The van der Waals surface area contributed by atoms with E-state index in [1.165, 1.54) is 19.3 Å². The standard InChI is InChI=1S/C14H18ClN3O/c15-13-10-18(8-5-11-3-6-16-7-4-11)14(17-13)12-2-1-9-19-12/h1-2,9-11,16H,3-8H2. The minimum absolute atomic E-state index is 0.525. The average molecular weight is 280 g/mol. The van der Waals surface area contributed by atoms with Crippen LogP contribution >= 0.6 is 11.6 Å². The lowest BCUT2D eigenvalue weighted by Gasteiger charge is -2.22. The van der Waals surface area contributed by atoms with E-state index in [4.69, 9.17) is 16.0 Å². The Morgan fingerprint density at radius 1 is 1.42 bits per heavy atom. The number of aryl methyl sites for hydroxylation is 1. The number of rotatable bonds is 4. The molecule has 1 aliphatic heterocycles. The Labute approximate surface area is 117 Å². The van der Waals surface area contributed by atoms with Crippen LogP contribution in [0.1, 0.15) is 19.3 Å². The van der Waals surface area contributed by atoms with E-state index in [1.807, 2.05) is 18.3 Å². The fourth-order valence-corrected chi connectivity index (χ4v) is 2.85. The van der Waals surface area contributed by atoms with Crippen LogP contribution in [0, 0.1) is 5.92 Å². The molecule has 4 nitrogen and oxygen atoms in total. The topological polar surface area (TPSA) is 43.0 Å². The van der Waals surface area contributed by atoms with Gasteiger partial charge in [-0.1, -0.05) is 11.6 Å². The molecule has 1 fully saturated rings. The van der Waals surface area contributed by atoms with Gasteiger partial charge in [-0.05, 0) is 50.4 Å². The maximum absolute atomic E-state index is 6.02. The normalized spacial score (nSPS) is 16.9. The molecule has 0 bridgehead atoms. The van der Waals surface area contributed by atoms with E-state index in [1.54, 1.807) is 6.26 Å². The third kappa shape index (κ3) is 3.01. The maximum atomic E-state index is 6.02. The highest BCUT2D eigenvalue weighted by atomic mass is 35.5. The molecular weight excluding hydrogens is 262 g/mol. The van der Waals surface area contributed by atoms with Gasteiger partial charge in [0, 0.05) is 12.7 Å². The van der Waals surface area contributed by atoms with Crippen molar-refractivity contribution in [1.29, 1.82) is 0 Å². The number of piperidine rings is 1. The zero-order valence-electron chi connectivity index (χ0n) is 10.8. The summed E-state index contributed by atoms with van der Waals surface area (Å²) in [4.78, 5) is 4.34. The zero-order chi connectivity index (χ0) is 13.1. The number of furan rings is 1. The van der Waals surface area contributed by atoms with Gasteiger partial charge in [0.05, 0.1) is 6.26 Å². The van der Waals surface area contributed by atoms with Crippen LogP contribution in [0.2, 0.25) is 5.15 Å². The van der Waals surface area contributed by atoms with Gasteiger partial charge in [-0.3, -0.25) is 0 Å². The van der Waals surface area contributed by atoms with Gasteiger partial charge >= 0.3 is 0 Å². The van der Waals surface area contributed by atoms with Crippen molar-refractivity contribution >= 4 is 11.6 Å². The highest BCUT2D eigenvalue weighted by molar-refractivity contribution is 6.29. The highest BCUT2D eigenvalue weighted by Gasteiger charge is 2.16. The molecule has 0 saturated carbocycles. The summed E-state index contributed by atoms with van der Waals surface area (Å²) in [6, 6.07) is 3.79. The predicted molar refractivity (Wildman–Crippen MR) is 75.1 cm³/mol. The second kappa shape index (κ2) is 5.80. The minimum atomic E-state index is 0.525. The van der Waals surface area contributed by atoms with Crippen LogP contribution < -0.4 is 5.32 Å². The molecule has 0 atom stereocenters. The third-order valence-electron chi connectivity index (χ3n) is 3.73. The van der Waals surface area contributed by atoms with Crippen molar-refractivity contribution in [2.24, 2.45) is 5.92 Å². The Morgan fingerprint density at radius 2 is 2.26 bits per heavy atom. The van der Waals surface area contributed by atoms with Gasteiger partial charge in [0.2, 0.25) is 0 Å². The van der Waals surface area contributed by atoms with E-state index in [0.29, 0.717) is 5.15 Å². The van der Waals surface area contributed by atoms with Crippen molar-refractivity contribution in [2.45, 2.75) is 25.8 Å². The minimum Gasteiger partial charge on any atom is -0.461 e. The summed E-state index contributed by atoms with van der Waals surface area (Å²) in [7, 11) is 0. The first-order valence-corrected chi connectivity index (χ1v) is 7.18. The third-order valence-corrected chi connectivity index (χ3v) is 3.91. The van der Waals surface area contributed by atoms with Crippen LogP contribution in [0.15, 0.2) is 29.0 Å². The Morgan fingerprint density at radius 3 is 3.00 bits per heavy atom. The molecule has 1 aliphatic rings. The molecule has 3 heterocycles. The van der Waals surface area contributed by atoms with Gasteiger partial charge in [0.15, 0.2) is 11.6 Å². The molecule has 5 heteroatoms. The lowest BCUT2D eigenvalue weighted by molar-refractivity contribution is 0.338. The molecule has 2 aromatic heterocycles. The number of imidazole rings is 1. The molecule has 0 unspecified atom stereocenters. The average Bonchev–Trinajstić information content (AvgIpc) is 3.06. The largest absolute Gasteiger partial charge is 0.461 e. The number of hydrogen-bond donors (Lipinski definition) is 1. The second-order valence-corrected chi connectivity index (χ2v) is 5.43. The van der Waals surface area contributed by atoms with Gasteiger partial charge < -0.3 is 14.3 Å². The maximum Gasteiger partial charge on any atom is 0.177 e. The van der Waals surface area contributed by atoms with Gasteiger partial charge in [-0.25, -0.2) is 4.98 Å². The molecule has 1 saturated heterocycles. The van der Waals surface area contributed by atoms with Gasteiger partial charge in [0.1, 0.15) is 5.15 Å². The van der Waals surface area contributed by atoms with E-state index >= 15 is 0 Å². The first-order chi connectivity index (χ1) is 9.33. The monoisotopic (exact) mass is 279 g/mol. The Kier molecular flexibility index (Phi) is 3.89. The Bertz CT molecular complexity index is 515. The van der Waals surface area contributed by atoms with Crippen molar-refractivity contribution < 1.29 is 4.42 Å². The van der Waals surface area contributed by atoms with E-state index in [9.17, 15) is 0 Å². The van der Waals surface area contributed by atoms with Crippen LogP contribution in [-0.4, -0.2) is 22.6 Å². The van der Waals surface area contributed by atoms with Crippen LogP contribution in [0.4, 0.5) is 0 Å². The lowest BCUT2D eigenvalue weighted by atomic mass is 9.95. The van der Waals surface area contributed by atoms with Crippen LogP contribution in [0.3, 0.4) is 0 Å². The molecule has 0 aliphatic carbocycles. The summed E-state index contributed by atoms with van der Waals surface area (Å²) in [5, 5.41) is 3.92. The number of nitrogens with zero attached hydrogens (tertiary/aromatic N) is 2. The Hall–Kier alpha value is -1.26. The summed E-state index contributed by atoms with van der Waals surface area (Å²) in [5.74, 6) is 2.40. The number of aromatic nitrogens is 2. The van der Waals surface area contributed by atoms with Crippen LogP contribution in [0.5, 0.6) is 0 Å². The van der Waals surface area contributed by atoms with Gasteiger partial charge in [0.25, 0.3) is 0 Å². The quantitative estimate of drug-likeness (QED) is 0.935. The van der Waals surface area contributed by atoms with Gasteiger partial charge in [-0.2, -0.15) is 0 Å². The summed E-state index contributed by atoms with van der Waals surface area (Å²) in [5.41, 5.74) is 0. The smallest absolute Gasteiger partial charge is 0.177 e. The summed E-state index contributed by atoms with van der Waals surface area (Å²) >= 11 is 6.02. The fraction of sp³-hybridized carbons (Fsp3) is 0.500. The van der Waals surface area contributed by atoms with E-state index in [2.05, 4.69) is 14.9 Å². The number of nitrogens with one attached hydrogen (secondary N) is 1. The SMILES string of the molecule is Clc1cn(CCC2CCNCC2)c(-c2ccco2)n1. The molecule has 19 heavy (non-hydrogen) atoms. The molecular formula is C14H18ClN3O. The molecule has 0 spiro atoms.